The van der Waals surface area contributed by atoms with Crippen molar-refractivity contribution in [2.75, 3.05) is 14.2 Å². The topological polar surface area (TPSA) is 47.9 Å². The second-order valence-corrected chi connectivity index (χ2v) is 6.60. The lowest BCUT2D eigenvalue weighted by atomic mass is 10.1. The average molecular weight is 459 g/mol. The van der Waals surface area contributed by atoms with E-state index in [-0.39, 0.29) is 11.3 Å². The molecule has 2 aromatic rings. The van der Waals surface area contributed by atoms with E-state index in [2.05, 4.69) is 42.9 Å². The molecule has 1 aliphatic heterocycles. The summed E-state index contributed by atoms with van der Waals surface area (Å²) in [6.45, 7) is 0.769. The Bertz CT molecular complexity index is 780. The van der Waals surface area contributed by atoms with E-state index in [1.54, 1.807) is 7.11 Å². The fraction of sp³-hybridized carbons (Fsp3) is 0.176. The minimum absolute atomic E-state index is 0.0549. The molecule has 0 fully saturated rings. The van der Waals surface area contributed by atoms with Crippen LogP contribution < -0.4 is 9.47 Å². The highest BCUT2D eigenvalue weighted by atomic mass is 79.9. The Balaban J connectivity index is 0.000000174. The van der Waals surface area contributed by atoms with E-state index in [0.717, 1.165) is 22.3 Å². The molecule has 1 heterocycles. The number of fused-ring (bicyclic) bond motifs is 1. The number of aldehydes is 1. The minimum atomic E-state index is -0.587. The lowest BCUT2D eigenvalue weighted by molar-refractivity contribution is 0.111. The van der Waals surface area contributed by atoms with Gasteiger partial charge in [0.2, 0.25) is 0 Å². The summed E-state index contributed by atoms with van der Waals surface area (Å²) < 4.78 is 24.6. The second kappa shape index (κ2) is 8.39. The molecule has 0 N–H and O–H groups in total. The Kier molecular flexibility index (Phi) is 6.51. The number of benzene rings is 2. The van der Waals surface area contributed by atoms with Gasteiger partial charge in [-0.3, -0.25) is 9.79 Å². The van der Waals surface area contributed by atoms with Gasteiger partial charge in [-0.05, 0) is 29.8 Å². The number of halogens is 3. The number of nitrogens with zero attached hydrogens (tertiary/aromatic N) is 1. The van der Waals surface area contributed by atoms with Crippen molar-refractivity contribution in [1.82, 2.24) is 0 Å². The van der Waals surface area contributed by atoms with Crippen molar-refractivity contribution >= 4 is 44.4 Å². The van der Waals surface area contributed by atoms with Crippen LogP contribution in [0.25, 0.3) is 0 Å². The maximum atomic E-state index is 13.0. The summed E-state index contributed by atoms with van der Waals surface area (Å²) >= 11 is 6.50. The van der Waals surface area contributed by atoms with Gasteiger partial charge in [0.05, 0.1) is 26.3 Å². The third-order valence-electron chi connectivity index (χ3n) is 3.29. The van der Waals surface area contributed by atoms with Gasteiger partial charge >= 0.3 is 0 Å². The predicted molar refractivity (Wildman–Crippen MR) is 98.0 cm³/mol. The Morgan fingerprint density at radius 3 is 2.33 bits per heavy atom. The summed E-state index contributed by atoms with van der Waals surface area (Å²) in [5.74, 6) is 0.536. The average Bonchev–Trinajstić information content (AvgIpc) is 3.02. The van der Waals surface area contributed by atoms with E-state index in [4.69, 9.17) is 9.47 Å². The van der Waals surface area contributed by atoms with E-state index >= 15 is 0 Å². The molecule has 1 aliphatic rings. The minimum Gasteiger partial charge on any atom is -0.496 e. The molecule has 0 saturated heterocycles. The molecule has 0 bridgehead atoms. The summed E-state index contributed by atoms with van der Waals surface area (Å²) in [7, 11) is 3.06. The molecule has 0 saturated carbocycles. The molecule has 4 nitrogen and oxygen atoms in total. The summed E-state index contributed by atoms with van der Waals surface area (Å²) in [5.41, 5.74) is 2.28. The molecular formula is C17H14Br2FNO3. The quantitative estimate of drug-likeness (QED) is 0.620. The zero-order valence-electron chi connectivity index (χ0n) is 13.0. The first-order valence-electron chi connectivity index (χ1n) is 6.84. The van der Waals surface area contributed by atoms with Crippen LogP contribution in [0.1, 0.15) is 21.5 Å². The van der Waals surface area contributed by atoms with Crippen LogP contribution in [-0.4, -0.2) is 26.7 Å². The monoisotopic (exact) mass is 457 g/mol. The van der Waals surface area contributed by atoms with Gasteiger partial charge in [0.15, 0.2) is 6.29 Å². The summed E-state index contributed by atoms with van der Waals surface area (Å²) in [5, 5.41) is 0. The number of hydrogen-bond donors (Lipinski definition) is 0. The summed E-state index contributed by atoms with van der Waals surface area (Å²) in [4.78, 5) is 14.6. The third kappa shape index (κ3) is 4.21. The number of rotatable bonds is 3. The second-order valence-electron chi connectivity index (χ2n) is 4.77. The van der Waals surface area contributed by atoms with Crippen molar-refractivity contribution in [2.24, 2.45) is 4.99 Å². The highest BCUT2D eigenvalue weighted by Gasteiger charge is 2.12. The molecule has 7 heteroatoms. The summed E-state index contributed by atoms with van der Waals surface area (Å²) in [6, 6.07) is 6.78. The van der Waals surface area contributed by atoms with Crippen LogP contribution in [0.3, 0.4) is 0 Å². The number of aliphatic imine (C=N–C) groups is 1. The van der Waals surface area contributed by atoms with Gasteiger partial charge in [0.25, 0.3) is 0 Å². The maximum Gasteiger partial charge on any atom is 0.156 e. The first-order chi connectivity index (χ1) is 11.5. The van der Waals surface area contributed by atoms with E-state index in [1.165, 1.54) is 24.8 Å². The molecule has 0 amide bonds. The first kappa shape index (κ1) is 18.6. The zero-order chi connectivity index (χ0) is 17.7. The fourth-order valence-electron chi connectivity index (χ4n) is 2.17. The number of methoxy groups -OCH3 is 2. The number of carbonyl (C=O) groups excluding carboxylic acids is 1. The van der Waals surface area contributed by atoms with Crippen LogP contribution in [0.4, 0.5) is 4.39 Å². The Morgan fingerprint density at radius 1 is 1.08 bits per heavy atom. The lowest BCUT2D eigenvalue weighted by Gasteiger charge is -2.05. The van der Waals surface area contributed by atoms with Gasteiger partial charge in [-0.25, -0.2) is 4.39 Å². The first-order valence-corrected chi connectivity index (χ1v) is 8.43. The van der Waals surface area contributed by atoms with E-state index < -0.39 is 5.82 Å². The van der Waals surface area contributed by atoms with Gasteiger partial charge in [-0.2, -0.15) is 0 Å². The van der Waals surface area contributed by atoms with Gasteiger partial charge in [-0.1, -0.05) is 31.9 Å². The molecular weight excluding hydrogens is 445 g/mol. The van der Waals surface area contributed by atoms with Gasteiger partial charge in [-0.15, -0.1) is 0 Å². The van der Waals surface area contributed by atoms with Crippen molar-refractivity contribution in [2.45, 2.75) is 6.54 Å². The van der Waals surface area contributed by atoms with E-state index in [0.29, 0.717) is 10.8 Å². The highest BCUT2D eigenvalue weighted by molar-refractivity contribution is 9.10. The van der Waals surface area contributed by atoms with Crippen molar-refractivity contribution in [1.29, 1.82) is 0 Å². The van der Waals surface area contributed by atoms with Crippen LogP contribution in [0, 0.1) is 5.82 Å². The SMILES string of the molecule is COc1cc(Br)cc(F)c1C=O.COc1cc(Br)cc2c1C=NC2. The fourth-order valence-corrected chi connectivity index (χ4v) is 3.07. The van der Waals surface area contributed by atoms with Crippen molar-refractivity contribution < 1.29 is 18.7 Å². The van der Waals surface area contributed by atoms with Crippen LogP contribution in [0.5, 0.6) is 11.5 Å². The molecule has 0 spiro atoms. The number of ether oxygens (including phenoxy) is 2. The predicted octanol–water partition coefficient (Wildman–Crippen LogP) is 4.80. The van der Waals surface area contributed by atoms with Gasteiger partial charge in [0, 0.05) is 20.7 Å². The molecule has 2 aromatic carbocycles. The summed E-state index contributed by atoms with van der Waals surface area (Å²) in [6.07, 6.45) is 2.29. The van der Waals surface area contributed by atoms with Gasteiger partial charge < -0.3 is 9.47 Å². The van der Waals surface area contributed by atoms with Crippen molar-refractivity contribution in [3.05, 3.63) is 55.7 Å². The smallest absolute Gasteiger partial charge is 0.156 e. The number of hydrogen-bond acceptors (Lipinski definition) is 4. The van der Waals surface area contributed by atoms with E-state index in [1.807, 2.05) is 12.3 Å². The van der Waals surface area contributed by atoms with Crippen LogP contribution in [0.15, 0.2) is 38.2 Å². The molecule has 24 heavy (non-hydrogen) atoms. The van der Waals surface area contributed by atoms with Crippen LogP contribution in [-0.2, 0) is 6.54 Å². The van der Waals surface area contributed by atoms with E-state index in [9.17, 15) is 9.18 Å². The largest absolute Gasteiger partial charge is 0.496 e. The standard InChI is InChI=1S/C9H8BrNO.C8H6BrFO2/c1-12-9-3-7(10)2-6-4-11-5-8(6)9;1-12-8-3-5(9)2-7(10)6(8)4-11/h2-3,5H,4H2,1H3;2-4H,1H3. The molecule has 0 atom stereocenters. The molecule has 0 radical (unpaired) electrons. The van der Waals surface area contributed by atoms with Crippen molar-refractivity contribution in [3.8, 4) is 11.5 Å². The Hall–Kier alpha value is -1.73. The molecule has 0 aromatic heterocycles. The lowest BCUT2D eigenvalue weighted by Crippen LogP contribution is -1.94. The highest BCUT2D eigenvalue weighted by Crippen LogP contribution is 2.29. The molecule has 126 valence electrons. The normalized spacial score (nSPS) is 11.4. The molecule has 0 aliphatic carbocycles. The van der Waals surface area contributed by atoms with Crippen LogP contribution >= 0.6 is 31.9 Å². The Labute approximate surface area is 155 Å². The maximum absolute atomic E-state index is 13.0. The van der Waals surface area contributed by atoms with Crippen LogP contribution in [0.2, 0.25) is 0 Å². The third-order valence-corrected chi connectivity index (χ3v) is 4.20. The zero-order valence-corrected chi connectivity index (χ0v) is 16.1. The Morgan fingerprint density at radius 2 is 1.71 bits per heavy atom. The van der Waals surface area contributed by atoms with Crippen molar-refractivity contribution in [3.63, 3.8) is 0 Å². The molecule has 3 rings (SSSR count). The van der Waals surface area contributed by atoms with Gasteiger partial charge in [0.1, 0.15) is 17.3 Å². The number of carbonyl (C=O) groups is 1. The molecule has 0 unspecified atom stereocenters.